The van der Waals surface area contributed by atoms with E-state index in [0.29, 0.717) is 48.9 Å². The maximum absolute atomic E-state index is 13.1. The van der Waals surface area contributed by atoms with Crippen molar-refractivity contribution in [3.8, 4) is 11.5 Å². The molecular formula is C27H37ClN4O3. The summed E-state index contributed by atoms with van der Waals surface area (Å²) in [7, 11) is 3.35. The first-order valence-corrected chi connectivity index (χ1v) is 12.8. The molecule has 0 saturated carbocycles. The Labute approximate surface area is 213 Å². The van der Waals surface area contributed by atoms with Gasteiger partial charge in [0, 0.05) is 37.9 Å². The molecule has 7 nitrogen and oxygen atoms in total. The number of hydrogen-bond acceptors (Lipinski definition) is 5. The fourth-order valence-electron chi connectivity index (χ4n) is 5.16. The standard InChI is InChI=1S/C27H37ClN4O3/c1-19(2)30-12-10-20(11-13-30)22-18-21(8-9-25(22)34-3)29-27(33)32-16-14-31(15-17-32)24-7-5-6-23(28)26(24)35-4/h5-9,18-20H,10-17H2,1-4H3,(H,29,33). The summed E-state index contributed by atoms with van der Waals surface area (Å²) in [6.07, 6.45) is 2.20. The van der Waals surface area contributed by atoms with Crippen LogP contribution in [0.2, 0.25) is 5.02 Å². The molecule has 8 heteroatoms. The van der Waals surface area contributed by atoms with Crippen molar-refractivity contribution in [2.24, 2.45) is 0 Å². The van der Waals surface area contributed by atoms with Gasteiger partial charge in [0.15, 0.2) is 5.75 Å². The highest BCUT2D eigenvalue weighted by molar-refractivity contribution is 6.32. The molecule has 2 heterocycles. The summed E-state index contributed by atoms with van der Waals surface area (Å²) in [6, 6.07) is 12.2. The molecule has 2 saturated heterocycles. The Kier molecular flexibility index (Phi) is 8.29. The molecule has 2 amide bonds. The van der Waals surface area contributed by atoms with Crippen LogP contribution in [-0.4, -0.2) is 75.4 Å². The molecule has 4 rings (SSSR count). The molecule has 0 atom stereocenters. The van der Waals surface area contributed by atoms with Gasteiger partial charge in [-0.3, -0.25) is 0 Å². The van der Waals surface area contributed by atoms with Crippen LogP contribution in [0.25, 0.3) is 0 Å². The van der Waals surface area contributed by atoms with E-state index < -0.39 is 0 Å². The van der Waals surface area contributed by atoms with Crippen LogP contribution in [0.15, 0.2) is 36.4 Å². The first-order valence-electron chi connectivity index (χ1n) is 12.5. The van der Waals surface area contributed by atoms with Gasteiger partial charge in [0.2, 0.25) is 0 Å². The quantitative estimate of drug-likeness (QED) is 0.583. The fourth-order valence-corrected chi connectivity index (χ4v) is 5.41. The van der Waals surface area contributed by atoms with E-state index in [9.17, 15) is 4.79 Å². The van der Waals surface area contributed by atoms with Gasteiger partial charge < -0.3 is 29.5 Å². The number of ether oxygens (including phenoxy) is 2. The highest BCUT2D eigenvalue weighted by atomic mass is 35.5. The molecule has 2 aromatic rings. The molecule has 0 aromatic heterocycles. The Bertz CT molecular complexity index is 1020. The van der Waals surface area contributed by atoms with Crippen molar-refractivity contribution in [2.45, 2.75) is 38.6 Å². The number of benzene rings is 2. The third-order valence-electron chi connectivity index (χ3n) is 7.24. The molecule has 0 unspecified atom stereocenters. The van der Waals surface area contributed by atoms with Crippen LogP contribution in [0, 0.1) is 0 Å². The Balaban J connectivity index is 1.38. The minimum absolute atomic E-state index is 0.0755. The summed E-state index contributed by atoms with van der Waals surface area (Å²) >= 11 is 6.29. The number of carbonyl (C=O) groups is 1. The van der Waals surface area contributed by atoms with E-state index in [1.54, 1.807) is 14.2 Å². The number of para-hydroxylation sites is 1. The Hall–Kier alpha value is -2.64. The maximum atomic E-state index is 13.1. The SMILES string of the molecule is COc1ccc(NC(=O)N2CCN(c3cccc(Cl)c3OC)CC2)cc1C1CCN(C(C)C)CC1. The van der Waals surface area contributed by atoms with Crippen LogP contribution in [0.1, 0.15) is 38.2 Å². The van der Waals surface area contributed by atoms with Gasteiger partial charge in [0.05, 0.1) is 24.9 Å². The van der Waals surface area contributed by atoms with Crippen molar-refractivity contribution in [2.75, 3.05) is 63.7 Å². The van der Waals surface area contributed by atoms with E-state index in [4.69, 9.17) is 21.1 Å². The fraction of sp³-hybridized carbons (Fsp3) is 0.519. The van der Waals surface area contributed by atoms with E-state index in [1.165, 1.54) is 5.56 Å². The van der Waals surface area contributed by atoms with E-state index in [-0.39, 0.29) is 6.03 Å². The molecule has 0 radical (unpaired) electrons. The summed E-state index contributed by atoms with van der Waals surface area (Å²) in [5.74, 6) is 2.01. The average molecular weight is 501 g/mol. The number of hydrogen-bond donors (Lipinski definition) is 1. The van der Waals surface area contributed by atoms with Gasteiger partial charge in [0.1, 0.15) is 5.75 Å². The van der Waals surface area contributed by atoms with Crippen LogP contribution in [0.3, 0.4) is 0 Å². The van der Waals surface area contributed by atoms with Crippen LogP contribution in [0.4, 0.5) is 16.2 Å². The van der Waals surface area contributed by atoms with Gasteiger partial charge in [-0.15, -0.1) is 0 Å². The Morgan fingerprint density at radius 3 is 2.34 bits per heavy atom. The number of piperazine rings is 1. The van der Waals surface area contributed by atoms with Crippen molar-refractivity contribution in [1.82, 2.24) is 9.80 Å². The summed E-state index contributed by atoms with van der Waals surface area (Å²) < 4.78 is 11.2. The Morgan fingerprint density at radius 1 is 1.00 bits per heavy atom. The van der Waals surface area contributed by atoms with Crippen molar-refractivity contribution in [1.29, 1.82) is 0 Å². The second kappa shape index (κ2) is 11.4. The third kappa shape index (κ3) is 5.78. The molecule has 0 bridgehead atoms. The van der Waals surface area contributed by atoms with Gasteiger partial charge in [0.25, 0.3) is 0 Å². The minimum Gasteiger partial charge on any atom is -0.496 e. The van der Waals surface area contributed by atoms with Crippen LogP contribution < -0.4 is 19.7 Å². The van der Waals surface area contributed by atoms with E-state index >= 15 is 0 Å². The molecule has 0 spiro atoms. The number of amides is 2. The van der Waals surface area contributed by atoms with E-state index in [2.05, 4.69) is 35.0 Å². The predicted octanol–water partition coefficient (Wildman–Crippen LogP) is 5.30. The zero-order chi connectivity index (χ0) is 24.9. The first kappa shape index (κ1) is 25.5. The van der Waals surface area contributed by atoms with Crippen LogP contribution in [-0.2, 0) is 0 Å². The number of piperidine rings is 1. The number of carbonyl (C=O) groups excluding carboxylic acids is 1. The van der Waals surface area contributed by atoms with Gasteiger partial charge in [-0.25, -0.2) is 4.79 Å². The van der Waals surface area contributed by atoms with E-state index in [0.717, 1.165) is 43.1 Å². The molecule has 0 aliphatic carbocycles. The zero-order valence-electron chi connectivity index (χ0n) is 21.2. The van der Waals surface area contributed by atoms with Crippen molar-refractivity contribution in [3.05, 3.63) is 47.0 Å². The second-order valence-corrected chi connectivity index (χ2v) is 9.96. The number of nitrogens with one attached hydrogen (secondary N) is 1. The molecule has 35 heavy (non-hydrogen) atoms. The van der Waals surface area contributed by atoms with E-state index in [1.807, 2.05) is 35.2 Å². The number of halogens is 1. The summed E-state index contributed by atoms with van der Waals surface area (Å²) in [5.41, 5.74) is 2.96. The molecule has 2 aromatic carbocycles. The molecule has 2 aliphatic heterocycles. The minimum atomic E-state index is -0.0755. The van der Waals surface area contributed by atoms with Gasteiger partial charge in [-0.1, -0.05) is 17.7 Å². The van der Waals surface area contributed by atoms with Gasteiger partial charge in [-0.05, 0) is 81.6 Å². The predicted molar refractivity (Wildman–Crippen MR) is 142 cm³/mol. The zero-order valence-corrected chi connectivity index (χ0v) is 22.0. The van der Waals surface area contributed by atoms with Crippen LogP contribution >= 0.6 is 11.6 Å². The number of anilines is 2. The number of methoxy groups -OCH3 is 2. The number of likely N-dealkylation sites (tertiary alicyclic amines) is 1. The monoisotopic (exact) mass is 500 g/mol. The average Bonchev–Trinajstić information content (AvgIpc) is 2.88. The third-order valence-corrected chi connectivity index (χ3v) is 7.54. The summed E-state index contributed by atoms with van der Waals surface area (Å²) in [6.45, 7) is 9.35. The molecule has 2 fully saturated rings. The lowest BCUT2D eigenvalue weighted by Gasteiger charge is -2.37. The highest BCUT2D eigenvalue weighted by Crippen LogP contribution is 2.37. The Morgan fingerprint density at radius 2 is 1.71 bits per heavy atom. The normalized spacial score (nSPS) is 17.5. The number of urea groups is 1. The van der Waals surface area contributed by atoms with Crippen LogP contribution in [0.5, 0.6) is 11.5 Å². The van der Waals surface area contributed by atoms with Crippen molar-refractivity contribution < 1.29 is 14.3 Å². The lowest BCUT2D eigenvalue weighted by atomic mass is 9.88. The number of rotatable bonds is 6. The molecular weight excluding hydrogens is 464 g/mol. The lowest BCUT2D eigenvalue weighted by Crippen LogP contribution is -2.50. The molecule has 2 aliphatic rings. The number of nitrogens with zero attached hydrogens (tertiary/aromatic N) is 3. The van der Waals surface area contributed by atoms with Gasteiger partial charge >= 0.3 is 6.03 Å². The van der Waals surface area contributed by atoms with Crippen molar-refractivity contribution in [3.63, 3.8) is 0 Å². The topological polar surface area (TPSA) is 57.3 Å². The van der Waals surface area contributed by atoms with Gasteiger partial charge in [-0.2, -0.15) is 0 Å². The molecule has 190 valence electrons. The summed E-state index contributed by atoms with van der Waals surface area (Å²) in [5, 5.41) is 3.71. The highest BCUT2D eigenvalue weighted by Gasteiger charge is 2.26. The smallest absolute Gasteiger partial charge is 0.321 e. The van der Waals surface area contributed by atoms with Crippen molar-refractivity contribution >= 4 is 29.0 Å². The summed E-state index contributed by atoms with van der Waals surface area (Å²) in [4.78, 5) is 19.7. The second-order valence-electron chi connectivity index (χ2n) is 9.56. The maximum Gasteiger partial charge on any atom is 0.321 e. The lowest BCUT2D eigenvalue weighted by molar-refractivity contribution is 0.171. The molecule has 1 N–H and O–H groups in total. The first-order chi connectivity index (χ1) is 16.9. The largest absolute Gasteiger partial charge is 0.496 e.